The SMILES string of the molecule is CCC(CC)C(=O)Nc1ccc2c(c1)CN(C(C)=O)CC2. The largest absolute Gasteiger partial charge is 0.338 e. The highest BCUT2D eigenvalue weighted by atomic mass is 16.2. The lowest BCUT2D eigenvalue weighted by Crippen LogP contribution is -2.34. The van der Waals surface area contributed by atoms with Crippen LogP contribution in [0.4, 0.5) is 5.69 Å². The van der Waals surface area contributed by atoms with Crippen LogP contribution in [0, 0.1) is 5.92 Å². The van der Waals surface area contributed by atoms with E-state index in [9.17, 15) is 9.59 Å². The number of hydrogen-bond acceptors (Lipinski definition) is 2. The number of nitrogens with zero attached hydrogens (tertiary/aromatic N) is 1. The molecular weight excluding hydrogens is 264 g/mol. The summed E-state index contributed by atoms with van der Waals surface area (Å²) >= 11 is 0. The van der Waals surface area contributed by atoms with Crippen molar-refractivity contribution in [1.82, 2.24) is 4.90 Å². The molecule has 0 unspecified atom stereocenters. The van der Waals surface area contributed by atoms with Crippen LogP contribution in [-0.2, 0) is 22.6 Å². The summed E-state index contributed by atoms with van der Waals surface area (Å²) in [6.45, 7) is 7.08. The average molecular weight is 288 g/mol. The van der Waals surface area contributed by atoms with Crippen molar-refractivity contribution < 1.29 is 9.59 Å². The van der Waals surface area contributed by atoms with Gasteiger partial charge in [0, 0.05) is 31.6 Å². The van der Waals surface area contributed by atoms with E-state index in [-0.39, 0.29) is 17.7 Å². The van der Waals surface area contributed by atoms with Crippen molar-refractivity contribution in [2.75, 3.05) is 11.9 Å². The van der Waals surface area contributed by atoms with Crippen molar-refractivity contribution in [2.24, 2.45) is 5.92 Å². The normalized spacial score (nSPS) is 14.0. The van der Waals surface area contributed by atoms with E-state index >= 15 is 0 Å². The molecule has 0 saturated carbocycles. The summed E-state index contributed by atoms with van der Waals surface area (Å²) in [6.07, 6.45) is 2.59. The molecule has 1 heterocycles. The van der Waals surface area contributed by atoms with Crippen LogP contribution in [0.1, 0.15) is 44.7 Å². The van der Waals surface area contributed by atoms with Gasteiger partial charge in [0.25, 0.3) is 0 Å². The van der Waals surface area contributed by atoms with Crippen LogP contribution in [0.15, 0.2) is 18.2 Å². The van der Waals surface area contributed by atoms with E-state index in [1.165, 1.54) is 5.56 Å². The zero-order valence-corrected chi connectivity index (χ0v) is 13.1. The van der Waals surface area contributed by atoms with E-state index in [2.05, 4.69) is 11.4 Å². The van der Waals surface area contributed by atoms with Crippen molar-refractivity contribution >= 4 is 17.5 Å². The van der Waals surface area contributed by atoms with Crippen LogP contribution in [0.2, 0.25) is 0 Å². The Kier molecular flexibility index (Phi) is 4.99. The van der Waals surface area contributed by atoms with Gasteiger partial charge in [-0.1, -0.05) is 19.9 Å². The smallest absolute Gasteiger partial charge is 0.227 e. The number of anilines is 1. The van der Waals surface area contributed by atoms with Crippen LogP contribution >= 0.6 is 0 Å². The van der Waals surface area contributed by atoms with Gasteiger partial charge in [-0.05, 0) is 42.5 Å². The monoisotopic (exact) mass is 288 g/mol. The molecule has 0 bridgehead atoms. The molecule has 21 heavy (non-hydrogen) atoms. The third-order valence-corrected chi connectivity index (χ3v) is 4.29. The van der Waals surface area contributed by atoms with Gasteiger partial charge >= 0.3 is 0 Å². The van der Waals surface area contributed by atoms with Crippen LogP contribution in [0.5, 0.6) is 0 Å². The minimum Gasteiger partial charge on any atom is -0.338 e. The van der Waals surface area contributed by atoms with Crippen LogP contribution < -0.4 is 5.32 Å². The topological polar surface area (TPSA) is 49.4 Å². The van der Waals surface area contributed by atoms with Gasteiger partial charge in [0.2, 0.25) is 11.8 Å². The van der Waals surface area contributed by atoms with Gasteiger partial charge in [0.05, 0.1) is 0 Å². The van der Waals surface area contributed by atoms with E-state index in [1.807, 2.05) is 30.9 Å². The fourth-order valence-electron chi connectivity index (χ4n) is 2.81. The number of benzene rings is 1. The summed E-state index contributed by atoms with van der Waals surface area (Å²) in [4.78, 5) is 25.5. The Bertz CT molecular complexity index is 536. The molecule has 1 aliphatic heterocycles. The van der Waals surface area contributed by atoms with Crippen molar-refractivity contribution in [3.63, 3.8) is 0 Å². The summed E-state index contributed by atoms with van der Waals surface area (Å²) in [5.41, 5.74) is 3.24. The molecule has 114 valence electrons. The molecule has 1 aromatic carbocycles. The summed E-state index contributed by atoms with van der Waals surface area (Å²) in [7, 11) is 0. The van der Waals surface area contributed by atoms with E-state index in [0.717, 1.165) is 37.1 Å². The molecule has 0 fully saturated rings. The van der Waals surface area contributed by atoms with Gasteiger partial charge in [0.1, 0.15) is 0 Å². The van der Waals surface area contributed by atoms with Crippen molar-refractivity contribution in [1.29, 1.82) is 0 Å². The molecule has 0 saturated heterocycles. The minimum atomic E-state index is 0.0646. The molecule has 2 amide bonds. The molecule has 1 N–H and O–H groups in total. The van der Waals surface area contributed by atoms with E-state index < -0.39 is 0 Å². The zero-order chi connectivity index (χ0) is 15.4. The zero-order valence-electron chi connectivity index (χ0n) is 13.1. The standard InChI is InChI=1S/C17H24N2O2/c1-4-13(5-2)17(21)18-16-7-6-14-8-9-19(12(3)20)11-15(14)10-16/h6-7,10,13H,4-5,8-9,11H2,1-3H3,(H,18,21). The molecule has 0 spiro atoms. The van der Waals surface area contributed by atoms with Crippen LogP contribution in [0.3, 0.4) is 0 Å². The summed E-state index contributed by atoms with van der Waals surface area (Å²) < 4.78 is 0. The minimum absolute atomic E-state index is 0.0646. The quantitative estimate of drug-likeness (QED) is 0.926. The lowest BCUT2D eigenvalue weighted by molar-refractivity contribution is -0.129. The highest BCUT2D eigenvalue weighted by Gasteiger charge is 2.19. The van der Waals surface area contributed by atoms with Gasteiger partial charge in [-0.2, -0.15) is 0 Å². The molecule has 2 rings (SSSR count). The molecule has 4 heteroatoms. The fourth-order valence-corrected chi connectivity index (χ4v) is 2.81. The van der Waals surface area contributed by atoms with Crippen molar-refractivity contribution in [3.05, 3.63) is 29.3 Å². The Labute approximate surface area is 126 Å². The van der Waals surface area contributed by atoms with Gasteiger partial charge in [0.15, 0.2) is 0 Å². The summed E-state index contributed by atoms with van der Waals surface area (Å²) in [6, 6.07) is 6.03. The number of carbonyl (C=O) groups excluding carboxylic acids is 2. The first kappa shape index (κ1) is 15.5. The number of hydrogen-bond donors (Lipinski definition) is 1. The van der Waals surface area contributed by atoms with Gasteiger partial charge < -0.3 is 10.2 Å². The average Bonchev–Trinajstić information content (AvgIpc) is 2.47. The number of fused-ring (bicyclic) bond motifs is 1. The van der Waals surface area contributed by atoms with E-state index in [0.29, 0.717) is 6.54 Å². The van der Waals surface area contributed by atoms with Gasteiger partial charge in [-0.25, -0.2) is 0 Å². The second-order valence-corrected chi connectivity index (χ2v) is 5.68. The maximum atomic E-state index is 12.1. The van der Waals surface area contributed by atoms with Crippen molar-refractivity contribution in [2.45, 2.75) is 46.6 Å². The Hall–Kier alpha value is -1.84. The molecule has 4 nitrogen and oxygen atoms in total. The first-order chi connectivity index (χ1) is 10.0. The molecule has 0 radical (unpaired) electrons. The number of amides is 2. The van der Waals surface area contributed by atoms with E-state index in [4.69, 9.17) is 0 Å². The van der Waals surface area contributed by atoms with Crippen molar-refractivity contribution in [3.8, 4) is 0 Å². The molecule has 0 aliphatic carbocycles. The first-order valence-electron chi connectivity index (χ1n) is 7.73. The highest BCUT2D eigenvalue weighted by Crippen LogP contribution is 2.23. The van der Waals surface area contributed by atoms with Crippen LogP contribution in [0.25, 0.3) is 0 Å². The number of rotatable bonds is 4. The lowest BCUT2D eigenvalue weighted by Gasteiger charge is -2.28. The van der Waals surface area contributed by atoms with Crippen LogP contribution in [-0.4, -0.2) is 23.3 Å². The Morgan fingerprint density at radius 1 is 1.24 bits per heavy atom. The molecule has 1 aromatic rings. The van der Waals surface area contributed by atoms with Gasteiger partial charge in [-0.3, -0.25) is 9.59 Å². The predicted octanol–water partition coefficient (Wildman–Crippen LogP) is 2.97. The third kappa shape index (κ3) is 3.63. The molecule has 0 aromatic heterocycles. The maximum absolute atomic E-state index is 12.1. The Balaban J connectivity index is 2.12. The molecule has 0 atom stereocenters. The maximum Gasteiger partial charge on any atom is 0.227 e. The number of nitrogens with one attached hydrogen (secondary N) is 1. The third-order valence-electron chi connectivity index (χ3n) is 4.29. The molecule has 1 aliphatic rings. The first-order valence-corrected chi connectivity index (χ1v) is 7.73. The molecular formula is C17H24N2O2. The predicted molar refractivity (Wildman–Crippen MR) is 83.9 cm³/mol. The lowest BCUT2D eigenvalue weighted by atomic mass is 9.98. The second-order valence-electron chi connectivity index (χ2n) is 5.68. The highest BCUT2D eigenvalue weighted by molar-refractivity contribution is 5.92. The summed E-state index contributed by atoms with van der Waals surface area (Å²) in [5.74, 6) is 0.251. The fraction of sp³-hybridized carbons (Fsp3) is 0.529. The summed E-state index contributed by atoms with van der Waals surface area (Å²) in [5, 5.41) is 3.00. The second kappa shape index (κ2) is 6.74. The van der Waals surface area contributed by atoms with E-state index in [1.54, 1.807) is 6.92 Å². The number of carbonyl (C=O) groups is 2. The Morgan fingerprint density at radius 2 is 1.95 bits per heavy atom. The van der Waals surface area contributed by atoms with Gasteiger partial charge in [-0.15, -0.1) is 0 Å². The Morgan fingerprint density at radius 3 is 2.57 bits per heavy atom.